The van der Waals surface area contributed by atoms with Crippen molar-refractivity contribution < 1.29 is 27.2 Å². The fraction of sp³-hybridized carbons (Fsp3) is 0.441. The van der Waals surface area contributed by atoms with Gasteiger partial charge in [0.15, 0.2) is 17.1 Å². The van der Waals surface area contributed by atoms with Gasteiger partial charge < -0.3 is 18.8 Å². The number of ether oxygens (including phenoxy) is 3. The van der Waals surface area contributed by atoms with Gasteiger partial charge in [0.1, 0.15) is 17.1 Å². The third kappa shape index (κ3) is 8.51. The number of nitrogens with zero attached hydrogens (tertiary/aromatic N) is 2. The van der Waals surface area contributed by atoms with Crippen molar-refractivity contribution in [2.45, 2.75) is 51.8 Å². The molecule has 3 rings (SSSR count). The molecule has 3 aromatic carbocycles. The molecule has 0 N–H and O–H groups in total. The van der Waals surface area contributed by atoms with E-state index in [0.717, 1.165) is 16.7 Å². The largest absolute Gasteiger partial charge is 0.497 e. The fourth-order valence-corrected chi connectivity index (χ4v) is 11.4. The molecule has 238 valence electrons. The van der Waals surface area contributed by atoms with Crippen LogP contribution in [-0.2, 0) is 24.7 Å². The number of hydrogen-bond donors (Lipinski definition) is 0. The standard InChI is InChI=1S/C34H45N2O6PS/c1-27(2)36(28(3)4)43(37,23-10-21-35)24-26-44(38,39)25-22-42-34(29-11-8-7-9-12-29,30-13-17-32(40-5)18-14-30)31-15-19-33(41-6)20-16-31/h7-9,11-20,27-28H,10,22-26H2,1-6H3. The number of nitriles is 1. The average Bonchev–Trinajstić information content (AvgIpc) is 3.01. The highest BCUT2D eigenvalue weighted by Gasteiger charge is 2.39. The maximum absolute atomic E-state index is 14.2. The van der Waals surface area contributed by atoms with E-state index in [9.17, 15) is 18.2 Å². The van der Waals surface area contributed by atoms with Crippen LogP contribution < -0.4 is 9.47 Å². The van der Waals surface area contributed by atoms with Gasteiger partial charge in [0.25, 0.3) is 0 Å². The minimum Gasteiger partial charge on any atom is -0.497 e. The van der Waals surface area contributed by atoms with Crippen molar-refractivity contribution >= 4 is 17.1 Å². The minimum atomic E-state index is -3.66. The van der Waals surface area contributed by atoms with Gasteiger partial charge in [-0.15, -0.1) is 0 Å². The first-order valence-corrected chi connectivity index (χ1v) is 18.7. The molecule has 0 fully saturated rings. The summed E-state index contributed by atoms with van der Waals surface area (Å²) in [5.74, 6) is 0.866. The summed E-state index contributed by atoms with van der Waals surface area (Å²) in [7, 11) is -3.57. The molecule has 10 heteroatoms. The lowest BCUT2D eigenvalue weighted by atomic mass is 9.80. The predicted octanol–water partition coefficient (Wildman–Crippen LogP) is 6.74. The van der Waals surface area contributed by atoms with Gasteiger partial charge in [0.05, 0.1) is 38.4 Å². The summed E-state index contributed by atoms with van der Waals surface area (Å²) < 4.78 is 60.5. The molecule has 0 aliphatic rings. The SMILES string of the molecule is COc1ccc(C(OCCS(=O)(=O)CCP(=O)(CCC#N)N(C(C)C)C(C)C)(c2ccccc2)c2ccc(OC)cc2)cc1. The van der Waals surface area contributed by atoms with E-state index in [1.54, 1.807) is 14.2 Å². The van der Waals surface area contributed by atoms with E-state index in [0.29, 0.717) is 11.5 Å². The molecule has 0 radical (unpaired) electrons. The van der Waals surface area contributed by atoms with Crippen LogP contribution in [0.4, 0.5) is 0 Å². The lowest BCUT2D eigenvalue weighted by Crippen LogP contribution is -2.37. The maximum Gasteiger partial charge on any atom is 0.153 e. The van der Waals surface area contributed by atoms with E-state index in [-0.39, 0.29) is 48.9 Å². The van der Waals surface area contributed by atoms with Crippen molar-refractivity contribution in [1.82, 2.24) is 4.67 Å². The molecule has 0 saturated carbocycles. The van der Waals surface area contributed by atoms with Gasteiger partial charge in [0.2, 0.25) is 0 Å². The molecule has 0 aliphatic carbocycles. The summed E-state index contributed by atoms with van der Waals surface area (Å²) in [6.45, 7) is 7.69. The van der Waals surface area contributed by atoms with Crippen molar-refractivity contribution in [2.75, 3.05) is 44.7 Å². The van der Waals surface area contributed by atoms with Gasteiger partial charge in [-0.3, -0.25) is 0 Å². The Hall–Kier alpha value is -3.15. The third-order valence-corrected chi connectivity index (χ3v) is 13.2. The molecule has 0 aromatic heterocycles. The van der Waals surface area contributed by atoms with Crippen molar-refractivity contribution in [3.63, 3.8) is 0 Å². The van der Waals surface area contributed by atoms with Gasteiger partial charge in [-0.1, -0.05) is 54.6 Å². The first kappa shape index (κ1) is 35.3. The Balaban J connectivity index is 1.96. The highest BCUT2D eigenvalue weighted by atomic mass is 32.2. The lowest BCUT2D eigenvalue weighted by Gasteiger charge is -2.38. The Labute approximate surface area is 263 Å². The molecule has 1 atom stereocenters. The highest BCUT2D eigenvalue weighted by molar-refractivity contribution is 7.91. The van der Waals surface area contributed by atoms with E-state index < -0.39 is 22.7 Å². The normalized spacial score (nSPS) is 13.5. The Morgan fingerprint density at radius 3 is 1.68 bits per heavy atom. The molecule has 8 nitrogen and oxygen atoms in total. The van der Waals surface area contributed by atoms with E-state index in [1.165, 1.54) is 0 Å². The first-order chi connectivity index (χ1) is 20.9. The minimum absolute atomic E-state index is 0.00579. The third-order valence-electron chi connectivity index (χ3n) is 7.69. The van der Waals surface area contributed by atoms with Crippen LogP contribution in [0.15, 0.2) is 78.9 Å². The summed E-state index contributed by atoms with van der Waals surface area (Å²) in [4.78, 5) is 0. The molecule has 0 amide bonds. The topological polar surface area (TPSA) is 106 Å². The number of sulfone groups is 1. The van der Waals surface area contributed by atoms with Crippen LogP contribution >= 0.6 is 7.29 Å². The van der Waals surface area contributed by atoms with Crippen molar-refractivity contribution in [2.24, 2.45) is 0 Å². The Bertz CT molecular complexity index is 1460. The van der Waals surface area contributed by atoms with E-state index >= 15 is 0 Å². The number of hydrogen-bond acceptors (Lipinski definition) is 7. The molecule has 0 heterocycles. The second-order valence-corrected chi connectivity index (χ2v) is 16.6. The van der Waals surface area contributed by atoms with Crippen molar-refractivity contribution in [1.29, 1.82) is 5.26 Å². The van der Waals surface area contributed by atoms with Crippen LogP contribution in [0.25, 0.3) is 0 Å². The Morgan fingerprint density at radius 1 is 0.773 bits per heavy atom. The van der Waals surface area contributed by atoms with Gasteiger partial charge in [-0.25, -0.2) is 13.1 Å². The summed E-state index contributed by atoms with van der Waals surface area (Å²) in [6, 6.07) is 26.7. The predicted molar refractivity (Wildman–Crippen MR) is 177 cm³/mol. The molecule has 0 aliphatic heterocycles. The van der Waals surface area contributed by atoms with E-state index in [2.05, 4.69) is 6.07 Å². The molecule has 0 spiro atoms. The fourth-order valence-electron chi connectivity index (χ4n) is 5.79. The van der Waals surface area contributed by atoms with Gasteiger partial charge in [0, 0.05) is 30.8 Å². The summed E-state index contributed by atoms with van der Waals surface area (Å²) in [6.07, 6.45) is 0.270. The van der Waals surface area contributed by atoms with Crippen molar-refractivity contribution in [3.05, 3.63) is 95.6 Å². The maximum atomic E-state index is 14.2. The van der Waals surface area contributed by atoms with Crippen LogP contribution in [-0.4, -0.2) is 69.8 Å². The molecule has 0 saturated heterocycles. The van der Waals surface area contributed by atoms with Gasteiger partial charge in [-0.2, -0.15) is 5.26 Å². The molecule has 0 bridgehead atoms. The summed E-state index contributed by atoms with van der Waals surface area (Å²) >= 11 is 0. The molecular weight excluding hydrogens is 595 g/mol. The zero-order chi connectivity index (χ0) is 32.4. The number of benzene rings is 3. The van der Waals surface area contributed by atoms with E-state index in [4.69, 9.17) is 14.2 Å². The van der Waals surface area contributed by atoms with Crippen LogP contribution in [0.2, 0.25) is 0 Å². The van der Waals surface area contributed by atoms with Crippen LogP contribution in [0, 0.1) is 11.3 Å². The second kappa shape index (κ2) is 15.7. The zero-order valence-corrected chi connectivity index (χ0v) is 28.3. The molecule has 44 heavy (non-hydrogen) atoms. The van der Waals surface area contributed by atoms with Crippen LogP contribution in [0.3, 0.4) is 0 Å². The molecular formula is C34H45N2O6PS. The summed E-state index contributed by atoms with van der Waals surface area (Å²) in [5, 5.41) is 9.21. The van der Waals surface area contributed by atoms with Crippen LogP contribution in [0.5, 0.6) is 11.5 Å². The first-order valence-electron chi connectivity index (χ1n) is 14.8. The quantitative estimate of drug-likeness (QED) is 0.118. The second-order valence-electron chi connectivity index (χ2n) is 11.3. The highest BCUT2D eigenvalue weighted by Crippen LogP contribution is 2.52. The van der Waals surface area contributed by atoms with E-state index in [1.807, 2.05) is 111 Å². The summed E-state index contributed by atoms with van der Waals surface area (Å²) in [5.41, 5.74) is 1.30. The number of methoxy groups -OCH3 is 2. The monoisotopic (exact) mass is 640 g/mol. The molecule has 3 aromatic rings. The average molecular weight is 641 g/mol. The lowest BCUT2D eigenvalue weighted by molar-refractivity contribution is 0.0227. The van der Waals surface area contributed by atoms with Crippen LogP contribution in [0.1, 0.15) is 50.8 Å². The Morgan fingerprint density at radius 2 is 1.25 bits per heavy atom. The molecule has 1 unspecified atom stereocenters. The Kier molecular flexibility index (Phi) is 12.6. The van der Waals surface area contributed by atoms with Gasteiger partial charge in [-0.05, 0) is 68.7 Å². The zero-order valence-electron chi connectivity index (χ0n) is 26.6. The van der Waals surface area contributed by atoms with Gasteiger partial charge >= 0.3 is 0 Å². The van der Waals surface area contributed by atoms with Crippen molar-refractivity contribution in [3.8, 4) is 17.6 Å². The number of rotatable bonds is 17. The smallest absolute Gasteiger partial charge is 0.153 e.